The van der Waals surface area contributed by atoms with Crippen molar-refractivity contribution < 1.29 is 14.7 Å². The number of halogens is 1. The molecule has 2 aromatic rings. The molecule has 0 fully saturated rings. The van der Waals surface area contributed by atoms with E-state index >= 15 is 0 Å². The Kier molecular flexibility index (Phi) is 4.21. The van der Waals surface area contributed by atoms with Crippen molar-refractivity contribution in [2.24, 2.45) is 0 Å². The number of carbonyl (C=O) groups excluding carboxylic acids is 2. The van der Waals surface area contributed by atoms with Crippen LogP contribution in [0.2, 0.25) is 5.02 Å². The summed E-state index contributed by atoms with van der Waals surface area (Å²) in [6, 6.07) is 8.60. The molecular weight excluding hydrogens is 340 g/mol. The Labute approximate surface area is 151 Å². The summed E-state index contributed by atoms with van der Waals surface area (Å²) in [5, 5.41) is 16.4. The molecule has 2 amide bonds. The summed E-state index contributed by atoms with van der Waals surface area (Å²) in [7, 11) is 0. The van der Waals surface area contributed by atoms with Crippen molar-refractivity contribution in [3.05, 3.63) is 52.0 Å². The molecule has 130 valence electrons. The number of carbonyl (C=O) groups is 2. The van der Waals surface area contributed by atoms with Crippen molar-refractivity contribution in [2.75, 3.05) is 10.6 Å². The van der Waals surface area contributed by atoms with Crippen LogP contribution in [0.1, 0.15) is 41.8 Å². The highest BCUT2D eigenvalue weighted by atomic mass is 35.5. The predicted molar refractivity (Wildman–Crippen MR) is 98.5 cm³/mol. The highest BCUT2D eigenvalue weighted by molar-refractivity contribution is 6.34. The van der Waals surface area contributed by atoms with Gasteiger partial charge in [-0.3, -0.25) is 9.59 Å². The van der Waals surface area contributed by atoms with Crippen LogP contribution in [0.15, 0.2) is 30.3 Å². The van der Waals surface area contributed by atoms with Crippen LogP contribution in [0.5, 0.6) is 5.75 Å². The summed E-state index contributed by atoms with van der Waals surface area (Å²) in [5.41, 5.74) is 1.99. The molecule has 3 N–H and O–H groups in total. The lowest BCUT2D eigenvalue weighted by Gasteiger charge is -2.34. The van der Waals surface area contributed by atoms with E-state index in [1.807, 2.05) is 26.8 Å². The minimum absolute atomic E-state index is 0.0783. The van der Waals surface area contributed by atoms with Gasteiger partial charge in [0.25, 0.3) is 5.91 Å². The number of nitrogens with one attached hydrogen (secondary N) is 2. The zero-order valence-electron chi connectivity index (χ0n) is 14.2. The molecule has 1 aliphatic heterocycles. The first-order valence-corrected chi connectivity index (χ1v) is 8.30. The molecule has 2 aromatic carbocycles. The summed E-state index contributed by atoms with van der Waals surface area (Å²) in [4.78, 5) is 24.3. The highest BCUT2D eigenvalue weighted by Crippen LogP contribution is 2.49. The van der Waals surface area contributed by atoms with E-state index in [4.69, 9.17) is 11.6 Å². The molecule has 3 rings (SSSR count). The smallest absolute Gasteiger partial charge is 0.255 e. The number of hydrogen-bond donors (Lipinski definition) is 3. The van der Waals surface area contributed by atoms with Crippen molar-refractivity contribution in [1.82, 2.24) is 0 Å². The molecule has 1 heterocycles. The molecule has 0 spiro atoms. The monoisotopic (exact) mass is 358 g/mol. The maximum Gasteiger partial charge on any atom is 0.255 e. The fourth-order valence-corrected chi connectivity index (χ4v) is 3.42. The van der Waals surface area contributed by atoms with Gasteiger partial charge in [-0.05, 0) is 25.1 Å². The second kappa shape index (κ2) is 6.08. The number of aromatic hydroxyl groups is 1. The molecule has 0 aliphatic carbocycles. The summed E-state index contributed by atoms with van der Waals surface area (Å²) < 4.78 is 0. The van der Waals surface area contributed by atoms with Gasteiger partial charge in [-0.25, -0.2) is 0 Å². The molecule has 25 heavy (non-hydrogen) atoms. The topological polar surface area (TPSA) is 78.4 Å². The van der Waals surface area contributed by atoms with Crippen molar-refractivity contribution in [1.29, 1.82) is 0 Å². The quantitative estimate of drug-likeness (QED) is 0.703. The van der Waals surface area contributed by atoms with E-state index in [0.717, 1.165) is 5.56 Å². The standard InChI is InChI=1S/C19H19ClN2O3/c1-10-5-4-6-11(7-10)18(25)21-13-8-12(20)16-15(17(13)24)19(2,3)9-14(23)22-16/h4-8,24H,9H2,1-3H3,(H,21,25)(H,22,23). The third kappa shape index (κ3) is 3.20. The number of aryl methyl sites for hydroxylation is 1. The summed E-state index contributed by atoms with van der Waals surface area (Å²) in [6.07, 6.45) is 0.221. The van der Waals surface area contributed by atoms with Gasteiger partial charge in [-0.15, -0.1) is 0 Å². The zero-order valence-corrected chi connectivity index (χ0v) is 15.0. The Morgan fingerprint density at radius 2 is 2.04 bits per heavy atom. The average molecular weight is 359 g/mol. The first-order valence-electron chi connectivity index (χ1n) is 7.93. The van der Waals surface area contributed by atoms with Crippen LogP contribution in [-0.2, 0) is 10.2 Å². The minimum atomic E-state index is -0.602. The van der Waals surface area contributed by atoms with Gasteiger partial charge < -0.3 is 15.7 Å². The molecule has 6 heteroatoms. The van der Waals surface area contributed by atoms with Crippen LogP contribution in [0, 0.1) is 6.92 Å². The van der Waals surface area contributed by atoms with Crippen LogP contribution in [0.4, 0.5) is 11.4 Å². The van der Waals surface area contributed by atoms with Gasteiger partial charge in [-0.2, -0.15) is 0 Å². The third-order valence-corrected chi connectivity index (χ3v) is 4.62. The van der Waals surface area contributed by atoms with Crippen LogP contribution in [-0.4, -0.2) is 16.9 Å². The van der Waals surface area contributed by atoms with Crippen LogP contribution >= 0.6 is 11.6 Å². The van der Waals surface area contributed by atoms with Crippen molar-refractivity contribution >= 4 is 34.8 Å². The number of phenolic OH excluding ortho intramolecular Hbond substituents is 1. The normalized spacial score (nSPS) is 15.3. The van der Waals surface area contributed by atoms with E-state index in [-0.39, 0.29) is 34.7 Å². The Bertz CT molecular complexity index is 890. The minimum Gasteiger partial charge on any atom is -0.505 e. The van der Waals surface area contributed by atoms with E-state index in [2.05, 4.69) is 10.6 Å². The summed E-state index contributed by atoms with van der Waals surface area (Å²) >= 11 is 6.29. The predicted octanol–water partition coefficient (Wildman–Crippen LogP) is 4.23. The maximum atomic E-state index is 12.5. The highest BCUT2D eigenvalue weighted by Gasteiger charge is 2.37. The van der Waals surface area contributed by atoms with Gasteiger partial charge in [-0.1, -0.05) is 43.1 Å². The van der Waals surface area contributed by atoms with E-state index in [9.17, 15) is 14.7 Å². The number of anilines is 2. The van der Waals surface area contributed by atoms with Gasteiger partial charge in [0.2, 0.25) is 5.91 Å². The SMILES string of the molecule is Cc1cccc(C(=O)Nc2cc(Cl)c3c(c2O)C(C)(C)CC(=O)N3)c1. The Morgan fingerprint density at radius 3 is 2.72 bits per heavy atom. The molecule has 1 aliphatic rings. The Hall–Kier alpha value is -2.53. The van der Waals surface area contributed by atoms with Crippen molar-refractivity contribution in [3.63, 3.8) is 0 Å². The number of hydrogen-bond acceptors (Lipinski definition) is 3. The van der Waals surface area contributed by atoms with Crippen LogP contribution < -0.4 is 10.6 Å². The van der Waals surface area contributed by atoms with Crippen LogP contribution in [0.25, 0.3) is 0 Å². The molecule has 0 unspecified atom stereocenters. The van der Waals surface area contributed by atoms with E-state index in [1.54, 1.807) is 18.2 Å². The maximum absolute atomic E-state index is 12.5. The summed E-state index contributed by atoms with van der Waals surface area (Å²) in [6.45, 7) is 5.61. The molecule has 0 bridgehead atoms. The average Bonchev–Trinajstić information content (AvgIpc) is 2.50. The fraction of sp³-hybridized carbons (Fsp3) is 0.263. The molecule has 5 nitrogen and oxygen atoms in total. The molecule has 0 saturated carbocycles. The molecule has 0 atom stereocenters. The molecule has 0 radical (unpaired) electrons. The Morgan fingerprint density at radius 1 is 1.32 bits per heavy atom. The van der Waals surface area contributed by atoms with Gasteiger partial charge in [0.05, 0.1) is 16.4 Å². The van der Waals surface area contributed by atoms with Gasteiger partial charge in [0.15, 0.2) is 0 Å². The first-order chi connectivity index (χ1) is 11.7. The molecular formula is C19H19ClN2O3. The second-order valence-electron chi connectivity index (χ2n) is 6.94. The number of phenols is 1. The van der Waals surface area contributed by atoms with Gasteiger partial charge in [0, 0.05) is 23.0 Å². The van der Waals surface area contributed by atoms with Crippen molar-refractivity contribution in [2.45, 2.75) is 32.6 Å². The lowest BCUT2D eigenvalue weighted by Crippen LogP contribution is -2.33. The number of benzene rings is 2. The van der Waals surface area contributed by atoms with Crippen LogP contribution in [0.3, 0.4) is 0 Å². The lowest BCUT2D eigenvalue weighted by molar-refractivity contribution is -0.117. The van der Waals surface area contributed by atoms with E-state index in [0.29, 0.717) is 16.8 Å². The van der Waals surface area contributed by atoms with Gasteiger partial charge >= 0.3 is 0 Å². The molecule has 0 aromatic heterocycles. The number of fused-ring (bicyclic) bond motifs is 1. The fourth-order valence-electron chi connectivity index (χ4n) is 3.17. The number of rotatable bonds is 2. The van der Waals surface area contributed by atoms with E-state index in [1.165, 1.54) is 6.07 Å². The largest absolute Gasteiger partial charge is 0.505 e. The third-order valence-electron chi connectivity index (χ3n) is 4.32. The molecule has 0 saturated heterocycles. The number of amides is 2. The summed E-state index contributed by atoms with van der Waals surface area (Å²) in [5.74, 6) is -0.576. The van der Waals surface area contributed by atoms with E-state index < -0.39 is 5.41 Å². The Balaban J connectivity index is 2.03. The van der Waals surface area contributed by atoms with Crippen molar-refractivity contribution in [3.8, 4) is 5.75 Å². The second-order valence-corrected chi connectivity index (χ2v) is 7.34. The van der Waals surface area contributed by atoms with Gasteiger partial charge in [0.1, 0.15) is 5.75 Å². The first kappa shape index (κ1) is 17.3. The zero-order chi connectivity index (χ0) is 18.4. The lowest BCUT2D eigenvalue weighted by atomic mass is 9.77.